The third-order valence-corrected chi connectivity index (χ3v) is 2.37. The second kappa shape index (κ2) is 4.77. The molecule has 0 amide bonds. The van der Waals surface area contributed by atoms with Crippen LogP contribution in [0.1, 0.15) is 42.3 Å². The zero-order valence-corrected chi connectivity index (χ0v) is 9.70. The summed E-state index contributed by atoms with van der Waals surface area (Å²) in [5, 5.41) is 0. The number of rotatable bonds is 3. The first-order chi connectivity index (χ1) is 8.13. The minimum absolute atomic E-state index is 0.0615. The molecule has 0 aliphatic carbocycles. The van der Waals surface area contributed by atoms with E-state index in [1.54, 1.807) is 0 Å². The Morgan fingerprint density at radius 2 is 1.73 bits per heavy atom. The van der Waals surface area contributed by atoms with Crippen LogP contribution in [-0.2, 0) is 14.9 Å². The summed E-state index contributed by atoms with van der Waals surface area (Å²) in [6.07, 6.45) is -0.869. The van der Waals surface area contributed by atoms with Crippen LogP contribution in [0, 0.1) is 0 Å². The molecular formula is C13H20O2. The zero-order valence-electron chi connectivity index (χ0n) is 12.7. The topological polar surface area (TPSA) is 18.5 Å². The van der Waals surface area contributed by atoms with Crippen LogP contribution in [0.15, 0.2) is 24.3 Å². The fourth-order valence-corrected chi connectivity index (χ4v) is 1.39. The van der Waals surface area contributed by atoms with Crippen molar-refractivity contribution in [3.63, 3.8) is 0 Å². The van der Waals surface area contributed by atoms with Crippen LogP contribution < -0.4 is 0 Å². The van der Waals surface area contributed by atoms with E-state index in [2.05, 4.69) is 20.8 Å². The van der Waals surface area contributed by atoms with Gasteiger partial charge in [-0.15, -0.1) is 0 Å². The summed E-state index contributed by atoms with van der Waals surface area (Å²) in [6.45, 7) is 6.36. The van der Waals surface area contributed by atoms with Crippen molar-refractivity contribution >= 4 is 0 Å². The SMILES string of the molecule is [2H]C([2H])([2H])OC(OC)c1ccc(C(C)(C)C)cc1. The molecule has 1 aromatic carbocycles. The van der Waals surface area contributed by atoms with Gasteiger partial charge in [-0.25, -0.2) is 0 Å². The van der Waals surface area contributed by atoms with Gasteiger partial charge in [0.2, 0.25) is 0 Å². The molecule has 0 saturated heterocycles. The molecule has 1 atom stereocenters. The maximum absolute atomic E-state index is 7.09. The highest BCUT2D eigenvalue weighted by atomic mass is 16.7. The largest absolute Gasteiger partial charge is 0.352 e. The zero-order chi connectivity index (χ0) is 14.0. The number of hydrogen-bond donors (Lipinski definition) is 0. The van der Waals surface area contributed by atoms with Gasteiger partial charge >= 0.3 is 0 Å². The van der Waals surface area contributed by atoms with Gasteiger partial charge in [0, 0.05) is 19.7 Å². The molecule has 0 saturated carbocycles. The van der Waals surface area contributed by atoms with Gasteiger partial charge < -0.3 is 9.47 Å². The van der Waals surface area contributed by atoms with Gasteiger partial charge in [-0.2, -0.15) is 0 Å². The first-order valence-electron chi connectivity index (χ1n) is 6.44. The summed E-state index contributed by atoms with van der Waals surface area (Å²) in [6, 6.07) is 7.59. The molecule has 1 aromatic rings. The highest BCUT2D eigenvalue weighted by molar-refractivity contribution is 5.28. The maximum atomic E-state index is 7.09. The van der Waals surface area contributed by atoms with Crippen molar-refractivity contribution in [3.8, 4) is 0 Å². The van der Waals surface area contributed by atoms with Crippen molar-refractivity contribution in [2.24, 2.45) is 0 Å². The van der Waals surface area contributed by atoms with Crippen LogP contribution in [0.4, 0.5) is 0 Å². The van der Waals surface area contributed by atoms with Gasteiger partial charge in [-0.05, 0) is 11.0 Å². The van der Waals surface area contributed by atoms with E-state index in [9.17, 15) is 0 Å². The van der Waals surface area contributed by atoms with Crippen LogP contribution in [0.5, 0.6) is 0 Å². The maximum Gasteiger partial charge on any atom is 0.183 e. The van der Waals surface area contributed by atoms with Crippen LogP contribution in [0.25, 0.3) is 0 Å². The van der Waals surface area contributed by atoms with Gasteiger partial charge in [-0.3, -0.25) is 0 Å². The van der Waals surface area contributed by atoms with Crippen LogP contribution in [0.2, 0.25) is 0 Å². The lowest BCUT2D eigenvalue weighted by atomic mass is 9.87. The van der Waals surface area contributed by atoms with E-state index in [1.165, 1.54) is 12.7 Å². The molecule has 1 rings (SSSR count). The Balaban J connectivity index is 2.89. The molecule has 0 N–H and O–H groups in total. The van der Waals surface area contributed by atoms with Crippen molar-refractivity contribution < 1.29 is 13.6 Å². The monoisotopic (exact) mass is 211 g/mol. The van der Waals surface area contributed by atoms with Crippen molar-refractivity contribution in [3.05, 3.63) is 35.4 Å². The van der Waals surface area contributed by atoms with Crippen LogP contribution in [0.3, 0.4) is 0 Å². The van der Waals surface area contributed by atoms with E-state index in [1.807, 2.05) is 24.3 Å². The molecule has 84 valence electrons. The molecule has 0 aliphatic heterocycles. The lowest BCUT2D eigenvalue weighted by Gasteiger charge is -2.20. The average molecular weight is 211 g/mol. The quantitative estimate of drug-likeness (QED) is 0.714. The average Bonchev–Trinajstić information content (AvgIpc) is 2.24. The summed E-state index contributed by atoms with van der Waals surface area (Å²) in [5.74, 6) is 0. The fraction of sp³-hybridized carbons (Fsp3) is 0.538. The Morgan fingerprint density at radius 1 is 1.13 bits per heavy atom. The Labute approximate surface area is 96.4 Å². The highest BCUT2D eigenvalue weighted by Gasteiger charge is 2.14. The van der Waals surface area contributed by atoms with E-state index in [0.717, 1.165) is 0 Å². The van der Waals surface area contributed by atoms with E-state index in [0.29, 0.717) is 5.56 Å². The molecule has 0 bridgehead atoms. The smallest absolute Gasteiger partial charge is 0.183 e. The third kappa shape index (κ3) is 3.05. The minimum Gasteiger partial charge on any atom is -0.352 e. The Bertz CT molecular complexity index is 377. The molecule has 0 spiro atoms. The Hall–Kier alpha value is -0.860. The second-order valence-corrected chi connectivity index (χ2v) is 4.56. The molecule has 15 heavy (non-hydrogen) atoms. The molecule has 0 aromatic heterocycles. The second-order valence-electron chi connectivity index (χ2n) is 4.56. The summed E-state index contributed by atoms with van der Waals surface area (Å²) in [7, 11) is -1.04. The predicted molar refractivity (Wildman–Crippen MR) is 61.9 cm³/mol. The molecule has 0 radical (unpaired) electrons. The third-order valence-electron chi connectivity index (χ3n) is 2.37. The first kappa shape index (κ1) is 8.31. The lowest BCUT2D eigenvalue weighted by molar-refractivity contribution is -0.106. The van der Waals surface area contributed by atoms with Crippen LogP contribution >= 0.6 is 0 Å². The van der Waals surface area contributed by atoms with Crippen molar-refractivity contribution in [2.75, 3.05) is 14.1 Å². The molecule has 1 unspecified atom stereocenters. The van der Waals surface area contributed by atoms with Gasteiger partial charge in [0.05, 0.1) is 4.11 Å². The highest BCUT2D eigenvalue weighted by Crippen LogP contribution is 2.24. The number of benzene rings is 1. The van der Waals surface area contributed by atoms with Gasteiger partial charge in [0.25, 0.3) is 0 Å². The molecule has 0 fully saturated rings. The standard InChI is InChI=1S/C13H20O2/c1-13(2,3)11-8-6-10(7-9-11)12(14-4)15-5/h6-9,12H,1-5H3/i4D3. The Kier molecular flexibility index (Phi) is 2.65. The van der Waals surface area contributed by atoms with E-state index in [-0.39, 0.29) is 5.41 Å². The van der Waals surface area contributed by atoms with Gasteiger partial charge in [0.1, 0.15) is 0 Å². The summed E-state index contributed by atoms with van der Waals surface area (Å²) in [5.41, 5.74) is 1.93. The van der Waals surface area contributed by atoms with E-state index >= 15 is 0 Å². The van der Waals surface area contributed by atoms with E-state index < -0.39 is 13.3 Å². The molecule has 2 heteroatoms. The molecule has 2 nitrogen and oxygen atoms in total. The fourth-order valence-electron chi connectivity index (χ4n) is 1.39. The van der Waals surface area contributed by atoms with Gasteiger partial charge in [-0.1, -0.05) is 45.0 Å². The number of ether oxygens (including phenoxy) is 2. The number of hydrogen-bond acceptors (Lipinski definition) is 2. The van der Waals surface area contributed by atoms with Crippen molar-refractivity contribution in [1.82, 2.24) is 0 Å². The minimum atomic E-state index is -2.47. The molecule has 0 aliphatic rings. The first-order valence-corrected chi connectivity index (χ1v) is 4.94. The normalized spacial score (nSPS) is 17.7. The van der Waals surface area contributed by atoms with Crippen molar-refractivity contribution in [2.45, 2.75) is 32.5 Å². The van der Waals surface area contributed by atoms with Crippen LogP contribution in [-0.4, -0.2) is 14.1 Å². The number of methoxy groups -OCH3 is 2. The lowest BCUT2D eigenvalue weighted by Crippen LogP contribution is -2.11. The summed E-state index contributed by atoms with van der Waals surface area (Å²) in [4.78, 5) is 0. The summed E-state index contributed by atoms with van der Waals surface area (Å²) < 4.78 is 31.2. The predicted octanol–water partition coefficient (Wildman–Crippen LogP) is 3.28. The Morgan fingerprint density at radius 3 is 2.13 bits per heavy atom. The van der Waals surface area contributed by atoms with Crippen molar-refractivity contribution in [1.29, 1.82) is 0 Å². The molecule has 0 heterocycles. The van der Waals surface area contributed by atoms with E-state index in [4.69, 9.17) is 13.6 Å². The molecular weight excluding hydrogens is 188 g/mol. The summed E-state index contributed by atoms with van der Waals surface area (Å²) >= 11 is 0. The van der Waals surface area contributed by atoms with Gasteiger partial charge in [0.15, 0.2) is 6.29 Å².